The lowest BCUT2D eigenvalue weighted by atomic mass is 10.3. The molecule has 0 saturated heterocycles. The van der Waals surface area contributed by atoms with Crippen molar-refractivity contribution in [1.82, 2.24) is 14.8 Å². The van der Waals surface area contributed by atoms with Crippen LogP contribution < -0.4 is 14.8 Å². The first-order valence-electron chi connectivity index (χ1n) is 8.71. The number of carbonyl (C=O) groups excluding carboxylic acids is 1. The van der Waals surface area contributed by atoms with Crippen LogP contribution in [0.5, 0.6) is 11.5 Å². The third-order valence-electron chi connectivity index (χ3n) is 3.77. The maximum Gasteiger partial charge on any atom is 0.262 e. The second kappa shape index (κ2) is 8.35. The summed E-state index contributed by atoms with van der Waals surface area (Å²) < 4.78 is 12.8. The monoisotopic (exact) mass is 366 g/mol. The van der Waals surface area contributed by atoms with Crippen LogP contribution >= 0.6 is 0 Å². The zero-order valence-electron chi connectivity index (χ0n) is 15.6. The summed E-state index contributed by atoms with van der Waals surface area (Å²) in [7, 11) is 0. The molecule has 0 fully saturated rings. The molecule has 3 rings (SSSR count). The number of rotatable bonds is 7. The molecule has 0 radical (unpaired) electrons. The smallest absolute Gasteiger partial charge is 0.262 e. The summed E-state index contributed by atoms with van der Waals surface area (Å²) in [4.78, 5) is 16.5. The molecule has 0 aliphatic rings. The van der Waals surface area contributed by atoms with Crippen LogP contribution in [0, 0.1) is 13.8 Å². The van der Waals surface area contributed by atoms with Gasteiger partial charge in [0.1, 0.15) is 0 Å². The second-order valence-electron chi connectivity index (χ2n) is 5.96. The van der Waals surface area contributed by atoms with Gasteiger partial charge in [-0.15, -0.1) is 0 Å². The summed E-state index contributed by atoms with van der Waals surface area (Å²) in [5.41, 5.74) is 2.52. The predicted molar refractivity (Wildman–Crippen MR) is 103 cm³/mol. The fraction of sp³-hybridized carbons (Fsp3) is 0.250. The maximum absolute atomic E-state index is 12.1. The van der Waals surface area contributed by atoms with E-state index in [1.807, 2.05) is 39.0 Å². The largest absolute Gasteiger partial charge is 0.490 e. The summed E-state index contributed by atoms with van der Waals surface area (Å²) >= 11 is 0. The van der Waals surface area contributed by atoms with Crippen molar-refractivity contribution in [3.63, 3.8) is 0 Å². The van der Waals surface area contributed by atoms with Crippen LogP contribution in [0.2, 0.25) is 0 Å². The van der Waals surface area contributed by atoms with Crippen LogP contribution in [0.15, 0.2) is 48.7 Å². The summed E-state index contributed by atoms with van der Waals surface area (Å²) in [6, 6.07) is 12.8. The Kier molecular flexibility index (Phi) is 5.71. The Morgan fingerprint density at radius 3 is 2.44 bits per heavy atom. The van der Waals surface area contributed by atoms with Gasteiger partial charge in [0.15, 0.2) is 23.9 Å². The zero-order valence-corrected chi connectivity index (χ0v) is 15.6. The van der Waals surface area contributed by atoms with Crippen molar-refractivity contribution in [2.24, 2.45) is 0 Å². The molecule has 0 aliphatic heterocycles. The number of aryl methyl sites for hydroxylation is 2. The van der Waals surface area contributed by atoms with Gasteiger partial charge in [-0.3, -0.25) is 4.79 Å². The molecule has 0 bridgehead atoms. The predicted octanol–water partition coefficient (Wildman–Crippen LogP) is 3.30. The number of nitrogens with one attached hydrogen (secondary N) is 1. The minimum Gasteiger partial charge on any atom is -0.490 e. The number of hydrogen-bond donors (Lipinski definition) is 1. The molecule has 7 heteroatoms. The highest BCUT2D eigenvalue weighted by molar-refractivity contribution is 5.91. The van der Waals surface area contributed by atoms with Crippen LogP contribution in [0.3, 0.4) is 0 Å². The molecule has 2 aromatic heterocycles. The lowest BCUT2D eigenvalue weighted by Crippen LogP contribution is -2.20. The number of aromatic nitrogens is 3. The minimum atomic E-state index is -0.276. The van der Waals surface area contributed by atoms with Crippen LogP contribution in [0.4, 0.5) is 5.69 Å². The normalized spacial score (nSPS) is 10.5. The molecule has 0 saturated carbocycles. The third-order valence-corrected chi connectivity index (χ3v) is 3.77. The van der Waals surface area contributed by atoms with Crippen LogP contribution in [0.1, 0.15) is 18.3 Å². The van der Waals surface area contributed by atoms with Crippen molar-refractivity contribution in [1.29, 1.82) is 0 Å². The number of hydrogen-bond acceptors (Lipinski definition) is 5. The minimum absolute atomic E-state index is 0.122. The highest BCUT2D eigenvalue weighted by Gasteiger charge is 2.09. The molecular formula is C20H22N4O3. The molecule has 0 spiro atoms. The van der Waals surface area contributed by atoms with E-state index in [1.54, 1.807) is 35.1 Å². The Morgan fingerprint density at radius 1 is 1.11 bits per heavy atom. The van der Waals surface area contributed by atoms with E-state index in [0.29, 0.717) is 29.6 Å². The van der Waals surface area contributed by atoms with Gasteiger partial charge in [-0.25, -0.2) is 9.67 Å². The van der Waals surface area contributed by atoms with Gasteiger partial charge in [-0.05, 0) is 51.1 Å². The molecule has 2 heterocycles. The van der Waals surface area contributed by atoms with Gasteiger partial charge < -0.3 is 14.8 Å². The molecule has 7 nitrogen and oxygen atoms in total. The third kappa shape index (κ3) is 4.63. The van der Waals surface area contributed by atoms with E-state index in [1.165, 1.54) is 0 Å². The summed E-state index contributed by atoms with van der Waals surface area (Å²) in [6.07, 6.45) is 1.60. The number of pyridine rings is 1. The highest BCUT2D eigenvalue weighted by Crippen LogP contribution is 2.26. The molecule has 1 amide bonds. The van der Waals surface area contributed by atoms with E-state index in [9.17, 15) is 4.79 Å². The molecule has 0 unspecified atom stereocenters. The molecule has 3 aromatic rings. The van der Waals surface area contributed by atoms with Gasteiger partial charge >= 0.3 is 0 Å². The first kappa shape index (κ1) is 18.4. The van der Waals surface area contributed by atoms with E-state index in [2.05, 4.69) is 15.4 Å². The van der Waals surface area contributed by atoms with E-state index in [4.69, 9.17) is 9.47 Å². The van der Waals surface area contributed by atoms with Crippen molar-refractivity contribution in [2.75, 3.05) is 18.5 Å². The number of anilines is 1. The molecule has 1 aromatic carbocycles. The topological polar surface area (TPSA) is 78.3 Å². The van der Waals surface area contributed by atoms with Gasteiger partial charge in [-0.1, -0.05) is 12.1 Å². The highest BCUT2D eigenvalue weighted by atomic mass is 16.5. The lowest BCUT2D eigenvalue weighted by Gasteiger charge is -2.11. The lowest BCUT2D eigenvalue weighted by molar-refractivity contribution is -0.118. The number of amides is 1. The van der Waals surface area contributed by atoms with Crippen molar-refractivity contribution in [3.05, 3.63) is 60.0 Å². The van der Waals surface area contributed by atoms with E-state index in [-0.39, 0.29) is 12.5 Å². The van der Waals surface area contributed by atoms with E-state index >= 15 is 0 Å². The Balaban J connectivity index is 1.59. The van der Waals surface area contributed by atoms with Crippen molar-refractivity contribution >= 4 is 11.6 Å². The van der Waals surface area contributed by atoms with Crippen LogP contribution in [-0.2, 0) is 4.79 Å². The molecule has 140 valence electrons. The van der Waals surface area contributed by atoms with Crippen LogP contribution in [0.25, 0.3) is 5.82 Å². The number of benzene rings is 1. The number of para-hydroxylation sites is 2. The number of ether oxygens (including phenoxy) is 2. The van der Waals surface area contributed by atoms with Crippen molar-refractivity contribution in [3.8, 4) is 17.3 Å². The van der Waals surface area contributed by atoms with E-state index < -0.39 is 0 Å². The Bertz CT molecular complexity index is 919. The first-order chi connectivity index (χ1) is 13.1. The van der Waals surface area contributed by atoms with Gasteiger partial charge in [0.25, 0.3) is 5.91 Å². The number of nitrogens with zero attached hydrogens (tertiary/aromatic N) is 3. The quantitative estimate of drug-likeness (QED) is 0.694. The Hall–Kier alpha value is -3.35. The van der Waals surface area contributed by atoms with Gasteiger partial charge in [0.2, 0.25) is 0 Å². The Labute approximate surface area is 158 Å². The fourth-order valence-corrected chi connectivity index (χ4v) is 2.63. The summed E-state index contributed by atoms with van der Waals surface area (Å²) in [6.45, 7) is 6.20. The van der Waals surface area contributed by atoms with Gasteiger partial charge in [-0.2, -0.15) is 5.10 Å². The van der Waals surface area contributed by atoms with Crippen molar-refractivity contribution in [2.45, 2.75) is 20.8 Å². The van der Waals surface area contributed by atoms with E-state index in [0.717, 1.165) is 11.4 Å². The molecule has 1 N–H and O–H groups in total. The fourth-order valence-electron chi connectivity index (χ4n) is 2.63. The standard InChI is InChI=1S/C20H22N4O3/c1-4-26-17-7-5-6-8-18(17)27-13-20(25)22-16-9-10-19(21-12-16)24-15(3)11-14(2)23-24/h5-12H,4,13H2,1-3H3,(H,22,25). The van der Waals surface area contributed by atoms with Crippen LogP contribution in [-0.4, -0.2) is 33.9 Å². The first-order valence-corrected chi connectivity index (χ1v) is 8.71. The maximum atomic E-state index is 12.1. The summed E-state index contributed by atoms with van der Waals surface area (Å²) in [5, 5.41) is 7.16. The molecule has 27 heavy (non-hydrogen) atoms. The van der Waals surface area contributed by atoms with Gasteiger partial charge in [0, 0.05) is 5.69 Å². The van der Waals surface area contributed by atoms with Gasteiger partial charge in [0.05, 0.1) is 24.2 Å². The average molecular weight is 366 g/mol. The average Bonchev–Trinajstić information content (AvgIpc) is 3.00. The molecular weight excluding hydrogens is 344 g/mol. The zero-order chi connectivity index (χ0) is 19.2. The Morgan fingerprint density at radius 2 is 1.85 bits per heavy atom. The molecule has 0 aliphatic carbocycles. The molecule has 0 atom stereocenters. The second-order valence-corrected chi connectivity index (χ2v) is 5.96. The summed E-state index contributed by atoms with van der Waals surface area (Å²) in [5.74, 6) is 1.57. The van der Waals surface area contributed by atoms with Crippen molar-refractivity contribution < 1.29 is 14.3 Å². The SMILES string of the molecule is CCOc1ccccc1OCC(=O)Nc1ccc(-n2nc(C)cc2C)nc1. The number of carbonyl (C=O) groups is 1.